The van der Waals surface area contributed by atoms with E-state index in [0.717, 1.165) is 6.42 Å². The molecule has 1 saturated carbocycles. The molecule has 0 radical (unpaired) electrons. The van der Waals surface area contributed by atoms with E-state index in [1.54, 1.807) is 0 Å². The molecular formula is C13H19ClN2OS. The second kappa shape index (κ2) is 7.56. The molecule has 3 nitrogen and oxygen atoms in total. The van der Waals surface area contributed by atoms with E-state index in [9.17, 15) is 0 Å². The lowest BCUT2D eigenvalue weighted by atomic mass is 10.1. The van der Waals surface area contributed by atoms with Gasteiger partial charge in [-0.3, -0.25) is 0 Å². The molecule has 1 aromatic carbocycles. The van der Waals surface area contributed by atoms with Gasteiger partial charge in [-0.15, -0.1) is 12.4 Å². The molecule has 0 aliphatic heterocycles. The van der Waals surface area contributed by atoms with Crippen LogP contribution < -0.4 is 11.1 Å². The van der Waals surface area contributed by atoms with Crippen LogP contribution >= 0.6 is 24.6 Å². The van der Waals surface area contributed by atoms with E-state index >= 15 is 0 Å². The molecule has 0 spiro atoms. The highest BCUT2D eigenvalue weighted by molar-refractivity contribution is 7.80. The van der Waals surface area contributed by atoms with Gasteiger partial charge in [0.2, 0.25) is 0 Å². The summed E-state index contributed by atoms with van der Waals surface area (Å²) in [6, 6.07) is 10.7. The Morgan fingerprint density at radius 1 is 1.39 bits per heavy atom. The molecule has 1 fully saturated rings. The highest BCUT2D eigenvalue weighted by Gasteiger charge is 2.22. The fourth-order valence-corrected chi connectivity index (χ4v) is 1.83. The smallest absolute Gasteiger partial charge is 0.256 e. The summed E-state index contributed by atoms with van der Waals surface area (Å²) in [5, 5.41) is 3.61. The topological polar surface area (TPSA) is 47.3 Å². The van der Waals surface area contributed by atoms with E-state index in [2.05, 4.69) is 17.4 Å². The molecule has 1 aliphatic carbocycles. The van der Waals surface area contributed by atoms with Gasteiger partial charge >= 0.3 is 0 Å². The Kier molecular flexibility index (Phi) is 6.39. The molecule has 0 amide bonds. The third-order valence-corrected chi connectivity index (χ3v) is 2.90. The van der Waals surface area contributed by atoms with Crippen molar-refractivity contribution in [3.05, 3.63) is 35.9 Å². The summed E-state index contributed by atoms with van der Waals surface area (Å²) in [5.74, 6) is 0. The number of nitrogens with two attached hydrogens (primary N) is 1. The summed E-state index contributed by atoms with van der Waals surface area (Å²) in [4.78, 5) is 0. The minimum absolute atomic E-state index is 0. The molecule has 0 aromatic heterocycles. The zero-order valence-electron chi connectivity index (χ0n) is 10.2. The Morgan fingerprint density at radius 2 is 2.06 bits per heavy atom. The zero-order chi connectivity index (χ0) is 12.1. The standard InChI is InChI=1S/C13H18N2OS.ClH/c14-11(8-10-4-2-1-3-5-10)9-16-13(17)15-12-6-7-12;/h1-5,11-12H,6-9,14H2,(H,15,17);1H/t11-;/m1./s1. The van der Waals surface area contributed by atoms with Crippen LogP contribution in [-0.4, -0.2) is 23.9 Å². The van der Waals surface area contributed by atoms with E-state index in [1.165, 1.54) is 18.4 Å². The summed E-state index contributed by atoms with van der Waals surface area (Å²) in [6.07, 6.45) is 3.20. The maximum atomic E-state index is 5.99. The van der Waals surface area contributed by atoms with Crippen LogP contribution in [0.3, 0.4) is 0 Å². The second-order valence-electron chi connectivity index (χ2n) is 4.47. The molecule has 1 atom stereocenters. The van der Waals surface area contributed by atoms with E-state index in [-0.39, 0.29) is 18.4 Å². The van der Waals surface area contributed by atoms with Crippen molar-refractivity contribution in [1.82, 2.24) is 5.32 Å². The van der Waals surface area contributed by atoms with Gasteiger partial charge in [-0.05, 0) is 37.0 Å². The van der Waals surface area contributed by atoms with Gasteiger partial charge in [0, 0.05) is 12.1 Å². The normalized spacial score (nSPS) is 15.4. The number of ether oxygens (including phenoxy) is 1. The maximum Gasteiger partial charge on any atom is 0.256 e. The van der Waals surface area contributed by atoms with Gasteiger partial charge in [0.15, 0.2) is 0 Å². The Labute approximate surface area is 119 Å². The molecule has 5 heteroatoms. The van der Waals surface area contributed by atoms with Gasteiger partial charge < -0.3 is 15.8 Å². The molecular weight excluding hydrogens is 268 g/mol. The number of hydrogen-bond donors (Lipinski definition) is 2. The third kappa shape index (κ3) is 5.67. The summed E-state index contributed by atoms with van der Waals surface area (Å²) < 4.78 is 5.42. The van der Waals surface area contributed by atoms with Crippen molar-refractivity contribution < 1.29 is 4.74 Å². The number of benzene rings is 1. The highest BCUT2D eigenvalue weighted by Crippen LogP contribution is 2.18. The predicted molar refractivity (Wildman–Crippen MR) is 80.1 cm³/mol. The van der Waals surface area contributed by atoms with Crippen LogP contribution in [0.5, 0.6) is 0 Å². The predicted octanol–water partition coefficient (Wildman–Crippen LogP) is 2.03. The molecule has 100 valence electrons. The summed E-state index contributed by atoms with van der Waals surface area (Å²) >= 11 is 5.06. The summed E-state index contributed by atoms with van der Waals surface area (Å²) in [7, 11) is 0. The monoisotopic (exact) mass is 286 g/mol. The minimum Gasteiger partial charge on any atom is -0.469 e. The maximum absolute atomic E-state index is 5.99. The second-order valence-corrected chi connectivity index (χ2v) is 4.84. The van der Waals surface area contributed by atoms with Gasteiger partial charge in [-0.1, -0.05) is 30.3 Å². The number of hydrogen-bond acceptors (Lipinski definition) is 3. The Hall–Kier alpha value is -0.840. The van der Waals surface area contributed by atoms with Crippen LogP contribution in [0, 0.1) is 0 Å². The Bertz CT molecular complexity index is 371. The largest absolute Gasteiger partial charge is 0.469 e. The van der Waals surface area contributed by atoms with Gasteiger partial charge in [-0.2, -0.15) is 0 Å². The van der Waals surface area contributed by atoms with Crippen LogP contribution in [-0.2, 0) is 11.2 Å². The number of nitrogens with one attached hydrogen (secondary N) is 1. The molecule has 0 heterocycles. The lowest BCUT2D eigenvalue weighted by molar-refractivity contribution is 0.270. The van der Waals surface area contributed by atoms with Gasteiger partial charge in [0.25, 0.3) is 5.17 Å². The zero-order valence-corrected chi connectivity index (χ0v) is 11.8. The lowest BCUT2D eigenvalue weighted by Crippen LogP contribution is -2.34. The van der Waals surface area contributed by atoms with Crippen molar-refractivity contribution in [2.75, 3.05) is 6.61 Å². The fourth-order valence-electron chi connectivity index (χ4n) is 1.59. The van der Waals surface area contributed by atoms with Crippen molar-refractivity contribution in [3.63, 3.8) is 0 Å². The SMILES string of the molecule is Cl.N[C@@H](COC(=S)NC1CC1)Cc1ccccc1. The summed E-state index contributed by atoms with van der Waals surface area (Å²) in [6.45, 7) is 0.466. The number of halogens is 1. The van der Waals surface area contributed by atoms with Crippen LogP contribution in [0.2, 0.25) is 0 Å². The first-order valence-electron chi connectivity index (χ1n) is 5.97. The van der Waals surface area contributed by atoms with Crippen molar-refractivity contribution in [1.29, 1.82) is 0 Å². The van der Waals surface area contributed by atoms with Crippen molar-refractivity contribution >= 4 is 29.8 Å². The third-order valence-electron chi connectivity index (χ3n) is 2.67. The fraction of sp³-hybridized carbons (Fsp3) is 0.462. The summed E-state index contributed by atoms with van der Waals surface area (Å²) in [5.41, 5.74) is 7.21. The van der Waals surface area contributed by atoms with E-state index < -0.39 is 0 Å². The average Bonchev–Trinajstić information content (AvgIpc) is 3.12. The first-order valence-corrected chi connectivity index (χ1v) is 6.37. The van der Waals surface area contributed by atoms with Gasteiger partial charge in [0.1, 0.15) is 6.61 Å². The molecule has 2 rings (SSSR count). The van der Waals surface area contributed by atoms with Crippen molar-refractivity contribution in [2.45, 2.75) is 31.3 Å². The molecule has 0 bridgehead atoms. The lowest BCUT2D eigenvalue weighted by Gasteiger charge is -2.14. The van der Waals surface area contributed by atoms with Crippen LogP contribution in [0.15, 0.2) is 30.3 Å². The minimum atomic E-state index is -0.0173. The van der Waals surface area contributed by atoms with E-state index in [4.69, 9.17) is 22.7 Å². The van der Waals surface area contributed by atoms with Gasteiger partial charge in [-0.25, -0.2) is 0 Å². The van der Waals surface area contributed by atoms with E-state index in [1.807, 2.05) is 18.2 Å². The first-order chi connectivity index (χ1) is 8.24. The molecule has 1 aromatic rings. The van der Waals surface area contributed by atoms with Crippen LogP contribution in [0.25, 0.3) is 0 Å². The van der Waals surface area contributed by atoms with Crippen LogP contribution in [0.1, 0.15) is 18.4 Å². The number of thiocarbonyl (C=S) groups is 1. The molecule has 18 heavy (non-hydrogen) atoms. The quantitative estimate of drug-likeness (QED) is 0.813. The molecule has 3 N–H and O–H groups in total. The average molecular weight is 287 g/mol. The Balaban J connectivity index is 0.00000162. The molecule has 0 saturated heterocycles. The Morgan fingerprint density at radius 3 is 2.67 bits per heavy atom. The van der Waals surface area contributed by atoms with Gasteiger partial charge in [0.05, 0.1) is 0 Å². The highest BCUT2D eigenvalue weighted by atomic mass is 35.5. The number of rotatable bonds is 5. The first kappa shape index (κ1) is 15.2. The van der Waals surface area contributed by atoms with Crippen molar-refractivity contribution in [2.24, 2.45) is 5.73 Å². The molecule has 0 unspecified atom stereocenters. The molecule has 1 aliphatic rings. The van der Waals surface area contributed by atoms with Crippen LogP contribution in [0.4, 0.5) is 0 Å². The van der Waals surface area contributed by atoms with Crippen molar-refractivity contribution in [3.8, 4) is 0 Å². The van der Waals surface area contributed by atoms with E-state index in [0.29, 0.717) is 17.8 Å².